The van der Waals surface area contributed by atoms with Crippen LogP contribution in [0.1, 0.15) is 58.9 Å². The molecule has 1 N–H and O–H groups in total. The monoisotopic (exact) mass is 407 g/mol. The van der Waals surface area contributed by atoms with Gasteiger partial charge < -0.3 is 19.9 Å². The summed E-state index contributed by atoms with van der Waals surface area (Å²) in [5, 5.41) is 2.98. The van der Waals surface area contributed by atoms with Gasteiger partial charge in [-0.25, -0.2) is 0 Å². The van der Waals surface area contributed by atoms with Crippen LogP contribution in [0.25, 0.3) is 0 Å². The second-order valence-electron chi connectivity index (χ2n) is 7.88. The second kappa shape index (κ2) is 8.78. The summed E-state index contributed by atoms with van der Waals surface area (Å²) in [5.41, 5.74) is 3.11. The van der Waals surface area contributed by atoms with Crippen LogP contribution in [0.4, 0.5) is 5.69 Å². The molecular weight excluding hydrogens is 378 g/mol. The van der Waals surface area contributed by atoms with E-state index >= 15 is 0 Å². The number of hydrogen-bond donors (Lipinski definition) is 1. The molecular formula is C24H29N3O3. The number of carbonyl (C=O) groups excluding carboxylic acids is 2. The van der Waals surface area contributed by atoms with Crippen LogP contribution in [0.3, 0.4) is 0 Å². The van der Waals surface area contributed by atoms with Gasteiger partial charge in [-0.1, -0.05) is 18.6 Å². The third kappa shape index (κ3) is 3.86. The molecule has 1 fully saturated rings. The van der Waals surface area contributed by atoms with Crippen molar-refractivity contribution in [1.29, 1.82) is 0 Å². The van der Waals surface area contributed by atoms with Crippen molar-refractivity contribution in [2.45, 2.75) is 45.3 Å². The van der Waals surface area contributed by atoms with E-state index in [2.05, 4.69) is 17.1 Å². The summed E-state index contributed by atoms with van der Waals surface area (Å²) >= 11 is 0. The highest BCUT2D eigenvalue weighted by Crippen LogP contribution is 2.35. The number of anilines is 1. The van der Waals surface area contributed by atoms with Crippen molar-refractivity contribution >= 4 is 17.5 Å². The smallest absolute Gasteiger partial charge is 0.257 e. The maximum Gasteiger partial charge on any atom is 0.257 e. The Morgan fingerprint density at radius 3 is 2.83 bits per heavy atom. The molecule has 2 heterocycles. The van der Waals surface area contributed by atoms with Gasteiger partial charge in [0.05, 0.1) is 18.4 Å². The van der Waals surface area contributed by atoms with Gasteiger partial charge in [-0.15, -0.1) is 0 Å². The molecule has 0 radical (unpaired) electrons. The molecule has 30 heavy (non-hydrogen) atoms. The van der Waals surface area contributed by atoms with Crippen LogP contribution in [0.2, 0.25) is 0 Å². The van der Waals surface area contributed by atoms with Gasteiger partial charge >= 0.3 is 0 Å². The van der Waals surface area contributed by atoms with Crippen LogP contribution >= 0.6 is 0 Å². The SMILES string of the molecule is CCN1c2cc(C(=O)NCc3cccc(OC)c3)ccc2C(=O)N2CCCCCC21. The summed E-state index contributed by atoms with van der Waals surface area (Å²) in [7, 11) is 1.63. The third-order valence-corrected chi connectivity index (χ3v) is 6.07. The number of methoxy groups -OCH3 is 1. The normalized spacial score (nSPS) is 18.3. The maximum atomic E-state index is 13.1. The van der Waals surface area contributed by atoms with Crippen LogP contribution in [-0.4, -0.2) is 43.1 Å². The molecule has 0 spiro atoms. The van der Waals surface area contributed by atoms with Crippen LogP contribution in [0.5, 0.6) is 5.75 Å². The van der Waals surface area contributed by atoms with E-state index in [0.717, 1.165) is 55.8 Å². The highest BCUT2D eigenvalue weighted by atomic mass is 16.5. The van der Waals surface area contributed by atoms with Gasteiger partial charge in [0.15, 0.2) is 0 Å². The van der Waals surface area contributed by atoms with Gasteiger partial charge in [0.25, 0.3) is 11.8 Å². The molecule has 6 heteroatoms. The van der Waals surface area contributed by atoms with Gasteiger partial charge in [-0.2, -0.15) is 0 Å². The van der Waals surface area contributed by atoms with Gasteiger partial charge in [-0.3, -0.25) is 9.59 Å². The molecule has 0 saturated carbocycles. The third-order valence-electron chi connectivity index (χ3n) is 6.07. The van der Waals surface area contributed by atoms with E-state index < -0.39 is 0 Å². The highest BCUT2D eigenvalue weighted by Gasteiger charge is 2.37. The van der Waals surface area contributed by atoms with Crippen LogP contribution in [0.15, 0.2) is 42.5 Å². The molecule has 2 aromatic carbocycles. The molecule has 158 valence electrons. The number of carbonyl (C=O) groups is 2. The molecule has 4 rings (SSSR count). The van der Waals surface area contributed by atoms with Crippen molar-refractivity contribution < 1.29 is 14.3 Å². The fraction of sp³-hybridized carbons (Fsp3) is 0.417. The van der Waals surface area contributed by atoms with Gasteiger partial charge in [0.2, 0.25) is 0 Å². The molecule has 0 aromatic heterocycles. The first-order valence-electron chi connectivity index (χ1n) is 10.7. The first kappa shape index (κ1) is 20.3. The highest BCUT2D eigenvalue weighted by molar-refractivity contribution is 6.04. The van der Waals surface area contributed by atoms with E-state index in [1.165, 1.54) is 0 Å². The van der Waals surface area contributed by atoms with E-state index in [0.29, 0.717) is 17.7 Å². The molecule has 0 aliphatic carbocycles. The Hall–Kier alpha value is -3.02. The van der Waals surface area contributed by atoms with E-state index in [4.69, 9.17) is 4.74 Å². The minimum atomic E-state index is -0.146. The van der Waals surface area contributed by atoms with Crippen LogP contribution in [0, 0.1) is 0 Å². The molecule has 2 amide bonds. The molecule has 2 aliphatic rings. The zero-order chi connectivity index (χ0) is 21.1. The predicted octanol–water partition coefficient (Wildman–Crippen LogP) is 3.81. The zero-order valence-corrected chi connectivity index (χ0v) is 17.7. The molecule has 1 saturated heterocycles. The van der Waals surface area contributed by atoms with Gasteiger partial charge in [-0.05, 0) is 62.1 Å². The summed E-state index contributed by atoms with van der Waals surface area (Å²) in [6.07, 6.45) is 4.41. The lowest BCUT2D eigenvalue weighted by atomic mass is 10.0. The average Bonchev–Trinajstić information content (AvgIpc) is 3.04. The Morgan fingerprint density at radius 1 is 1.17 bits per heavy atom. The number of fused-ring (bicyclic) bond motifs is 2. The number of hydrogen-bond acceptors (Lipinski definition) is 4. The minimum Gasteiger partial charge on any atom is -0.497 e. The van der Waals surface area contributed by atoms with Crippen molar-refractivity contribution in [3.63, 3.8) is 0 Å². The summed E-state index contributed by atoms with van der Waals surface area (Å²) < 4.78 is 5.24. The van der Waals surface area contributed by atoms with Crippen molar-refractivity contribution in [3.05, 3.63) is 59.2 Å². The van der Waals surface area contributed by atoms with Crippen molar-refractivity contribution in [3.8, 4) is 5.75 Å². The maximum absolute atomic E-state index is 13.1. The average molecular weight is 408 g/mol. The quantitative estimate of drug-likeness (QED) is 0.819. The topological polar surface area (TPSA) is 61.9 Å². The van der Waals surface area contributed by atoms with Crippen molar-refractivity contribution in [2.24, 2.45) is 0 Å². The number of benzene rings is 2. The van der Waals surface area contributed by atoms with E-state index in [-0.39, 0.29) is 18.0 Å². The lowest BCUT2D eigenvalue weighted by Crippen LogP contribution is -2.55. The molecule has 1 atom stereocenters. The van der Waals surface area contributed by atoms with Crippen molar-refractivity contribution in [1.82, 2.24) is 10.2 Å². The molecule has 1 unspecified atom stereocenters. The lowest BCUT2D eigenvalue weighted by Gasteiger charge is -2.44. The lowest BCUT2D eigenvalue weighted by molar-refractivity contribution is 0.0656. The van der Waals surface area contributed by atoms with Crippen LogP contribution in [-0.2, 0) is 6.54 Å². The Bertz CT molecular complexity index is 943. The minimum absolute atomic E-state index is 0.0879. The number of nitrogens with zero attached hydrogens (tertiary/aromatic N) is 2. The van der Waals surface area contributed by atoms with E-state index in [1.54, 1.807) is 13.2 Å². The zero-order valence-electron chi connectivity index (χ0n) is 17.7. The Labute approximate surface area is 177 Å². The van der Waals surface area contributed by atoms with Crippen molar-refractivity contribution in [2.75, 3.05) is 25.1 Å². The summed E-state index contributed by atoms with van der Waals surface area (Å²) in [4.78, 5) is 30.2. The second-order valence-corrected chi connectivity index (χ2v) is 7.88. The summed E-state index contributed by atoms with van der Waals surface area (Å²) in [5.74, 6) is 0.706. The largest absolute Gasteiger partial charge is 0.497 e. The fourth-order valence-corrected chi connectivity index (χ4v) is 4.51. The fourth-order valence-electron chi connectivity index (χ4n) is 4.51. The first-order valence-corrected chi connectivity index (χ1v) is 10.7. The van der Waals surface area contributed by atoms with Gasteiger partial charge in [0, 0.05) is 25.2 Å². The number of ether oxygens (including phenoxy) is 1. The number of amides is 2. The van der Waals surface area contributed by atoms with E-state index in [1.807, 2.05) is 41.3 Å². The molecule has 2 aromatic rings. The summed E-state index contributed by atoms with van der Waals surface area (Å²) in [6.45, 7) is 4.14. The molecule has 2 aliphatic heterocycles. The summed E-state index contributed by atoms with van der Waals surface area (Å²) in [6, 6.07) is 13.1. The molecule has 6 nitrogen and oxygen atoms in total. The standard InChI is InChI=1S/C24H29N3O3/c1-3-26-21-15-18(23(28)25-16-17-8-7-9-19(14-17)30-2)11-12-20(21)24(29)27-13-6-4-5-10-22(26)27/h7-9,11-12,14-15,22H,3-6,10,13,16H2,1-2H3,(H,25,28). The first-order chi connectivity index (χ1) is 14.6. The Morgan fingerprint density at radius 2 is 2.03 bits per heavy atom. The van der Waals surface area contributed by atoms with Crippen LogP contribution < -0.4 is 15.0 Å². The Kier molecular flexibility index (Phi) is 5.93. The van der Waals surface area contributed by atoms with E-state index in [9.17, 15) is 9.59 Å². The number of nitrogens with one attached hydrogen (secondary N) is 1. The van der Waals surface area contributed by atoms with Gasteiger partial charge in [0.1, 0.15) is 11.9 Å². The predicted molar refractivity (Wildman–Crippen MR) is 117 cm³/mol. The number of rotatable bonds is 5. The molecule has 0 bridgehead atoms. The Balaban J connectivity index is 1.56.